The second-order valence-electron chi connectivity index (χ2n) is 7.63. The van der Waals surface area contributed by atoms with Gasteiger partial charge in [-0.1, -0.05) is 5.16 Å². The van der Waals surface area contributed by atoms with E-state index in [-0.39, 0.29) is 17.8 Å². The number of fused-ring (bicyclic) bond motifs is 1. The Hall–Kier alpha value is -1.99. The van der Waals surface area contributed by atoms with E-state index in [0.29, 0.717) is 18.0 Å². The lowest BCUT2D eigenvalue weighted by molar-refractivity contribution is -0.141. The molecule has 1 unspecified atom stereocenters. The number of hydrogen-bond acceptors (Lipinski definition) is 5. The number of carbonyl (C=O) groups is 1. The van der Waals surface area contributed by atoms with Crippen LogP contribution in [0.2, 0.25) is 0 Å². The van der Waals surface area contributed by atoms with Crippen molar-refractivity contribution in [1.82, 2.24) is 15.0 Å². The molecule has 1 aromatic heterocycles. The van der Waals surface area contributed by atoms with E-state index in [1.165, 1.54) is 19.1 Å². The summed E-state index contributed by atoms with van der Waals surface area (Å²) in [6, 6.07) is 4.62. The van der Waals surface area contributed by atoms with E-state index in [0.717, 1.165) is 43.6 Å². The lowest BCUT2D eigenvalue weighted by atomic mass is 9.91. The molecule has 1 aliphatic rings. The summed E-state index contributed by atoms with van der Waals surface area (Å²) in [5.41, 5.74) is 1.41. The molecule has 0 radical (unpaired) electrons. The van der Waals surface area contributed by atoms with Crippen LogP contribution in [0.5, 0.6) is 0 Å². The van der Waals surface area contributed by atoms with E-state index < -0.39 is 6.10 Å². The second-order valence-corrected chi connectivity index (χ2v) is 7.63. The minimum absolute atomic E-state index is 0.0616. The van der Waals surface area contributed by atoms with E-state index >= 15 is 0 Å². The Labute approximate surface area is 158 Å². The molecular formula is C20H28FN3O3. The van der Waals surface area contributed by atoms with Gasteiger partial charge in [0.2, 0.25) is 0 Å². The zero-order valence-corrected chi connectivity index (χ0v) is 16.2. The highest BCUT2D eigenvalue weighted by Gasteiger charge is 2.26. The summed E-state index contributed by atoms with van der Waals surface area (Å²) in [4.78, 5) is 16.2. The largest absolute Gasteiger partial charge is 0.384 e. The van der Waals surface area contributed by atoms with Gasteiger partial charge in [0.05, 0.1) is 5.69 Å². The van der Waals surface area contributed by atoms with Gasteiger partial charge < -0.3 is 19.4 Å². The van der Waals surface area contributed by atoms with Crippen LogP contribution in [0.3, 0.4) is 0 Å². The van der Waals surface area contributed by atoms with Crippen molar-refractivity contribution >= 4 is 16.9 Å². The van der Waals surface area contributed by atoms with Gasteiger partial charge in [0, 0.05) is 36.5 Å². The molecule has 0 spiro atoms. The summed E-state index contributed by atoms with van der Waals surface area (Å²) < 4.78 is 18.6. The molecule has 0 saturated carbocycles. The highest BCUT2D eigenvalue weighted by atomic mass is 19.1. The summed E-state index contributed by atoms with van der Waals surface area (Å²) in [6.07, 6.45) is 0.930. The van der Waals surface area contributed by atoms with Crippen LogP contribution < -0.4 is 0 Å². The van der Waals surface area contributed by atoms with Gasteiger partial charge in [-0.05, 0) is 58.8 Å². The van der Waals surface area contributed by atoms with Crippen LogP contribution >= 0.6 is 0 Å². The molecule has 7 heteroatoms. The first-order valence-corrected chi connectivity index (χ1v) is 9.62. The molecular weight excluding hydrogens is 349 g/mol. The molecule has 148 valence electrons. The van der Waals surface area contributed by atoms with Crippen molar-refractivity contribution < 1.29 is 18.8 Å². The molecule has 1 N–H and O–H groups in total. The molecule has 0 aliphatic carbocycles. The zero-order chi connectivity index (χ0) is 19.6. The zero-order valence-electron chi connectivity index (χ0n) is 16.2. The predicted molar refractivity (Wildman–Crippen MR) is 101 cm³/mol. The average molecular weight is 377 g/mol. The van der Waals surface area contributed by atoms with Gasteiger partial charge in [-0.3, -0.25) is 4.79 Å². The van der Waals surface area contributed by atoms with Crippen molar-refractivity contribution in [3.8, 4) is 0 Å². The Morgan fingerprint density at radius 1 is 1.37 bits per heavy atom. The number of halogens is 1. The van der Waals surface area contributed by atoms with Gasteiger partial charge >= 0.3 is 0 Å². The van der Waals surface area contributed by atoms with Crippen LogP contribution in [0, 0.1) is 5.82 Å². The Bertz CT molecular complexity index is 782. The van der Waals surface area contributed by atoms with Gasteiger partial charge in [0.1, 0.15) is 11.9 Å². The fraction of sp³-hybridized carbons (Fsp3) is 0.600. The van der Waals surface area contributed by atoms with Crippen LogP contribution in [0.4, 0.5) is 4.39 Å². The summed E-state index contributed by atoms with van der Waals surface area (Å²) in [5.74, 6) is -0.240. The molecule has 6 nitrogen and oxygen atoms in total. The van der Waals surface area contributed by atoms with Crippen LogP contribution in [0.15, 0.2) is 22.7 Å². The Morgan fingerprint density at radius 2 is 2.07 bits per heavy atom. The molecule has 1 aliphatic heterocycles. The standard InChI is InChI=1S/C20H28FN3O3/c1-13(2)24(20(26)14(3)25)11-10-23-8-6-15(7-9-23)19-17-5-4-16(21)12-18(17)27-22-19/h4-5,12-15,25H,6-11H2,1-3H3. The highest BCUT2D eigenvalue weighted by Crippen LogP contribution is 2.32. The van der Waals surface area contributed by atoms with E-state index in [1.807, 2.05) is 13.8 Å². The number of amides is 1. The quantitative estimate of drug-likeness (QED) is 0.838. The van der Waals surface area contributed by atoms with Crippen LogP contribution in [-0.2, 0) is 4.79 Å². The molecule has 1 aromatic carbocycles. The maximum atomic E-state index is 13.3. The van der Waals surface area contributed by atoms with Crippen molar-refractivity contribution in [3.05, 3.63) is 29.7 Å². The lowest BCUT2D eigenvalue weighted by Gasteiger charge is -2.34. The predicted octanol–water partition coefficient (Wildman–Crippen LogP) is 2.76. The second kappa shape index (κ2) is 8.35. The van der Waals surface area contributed by atoms with Crippen LogP contribution in [-0.4, -0.2) is 64.3 Å². The number of benzene rings is 1. The first-order chi connectivity index (χ1) is 12.9. The number of nitrogens with zero attached hydrogens (tertiary/aromatic N) is 3. The third-order valence-corrected chi connectivity index (χ3v) is 5.36. The van der Waals surface area contributed by atoms with Gasteiger partial charge in [0.15, 0.2) is 5.58 Å². The van der Waals surface area contributed by atoms with Gasteiger partial charge in [-0.15, -0.1) is 0 Å². The molecule has 2 heterocycles. The molecule has 1 atom stereocenters. The number of aliphatic hydroxyl groups excluding tert-OH is 1. The topological polar surface area (TPSA) is 69.8 Å². The third-order valence-electron chi connectivity index (χ3n) is 5.36. The van der Waals surface area contributed by atoms with Crippen molar-refractivity contribution in [2.45, 2.75) is 51.7 Å². The Morgan fingerprint density at radius 3 is 2.70 bits per heavy atom. The van der Waals surface area contributed by atoms with E-state index in [9.17, 15) is 14.3 Å². The number of rotatable bonds is 6. The molecule has 3 rings (SSSR count). The summed E-state index contributed by atoms with van der Waals surface area (Å²) in [6.45, 7) is 8.66. The third kappa shape index (κ3) is 4.47. The SMILES string of the molecule is CC(O)C(=O)N(CCN1CCC(c2noc3cc(F)ccc23)CC1)C(C)C. The summed E-state index contributed by atoms with van der Waals surface area (Å²) >= 11 is 0. The summed E-state index contributed by atoms with van der Waals surface area (Å²) in [7, 11) is 0. The van der Waals surface area contributed by atoms with Crippen molar-refractivity contribution in [2.24, 2.45) is 0 Å². The molecule has 2 aromatic rings. The summed E-state index contributed by atoms with van der Waals surface area (Å²) in [5, 5.41) is 14.7. The van der Waals surface area contributed by atoms with E-state index in [1.54, 1.807) is 11.0 Å². The monoisotopic (exact) mass is 377 g/mol. The van der Waals surface area contributed by atoms with E-state index in [2.05, 4.69) is 10.1 Å². The maximum Gasteiger partial charge on any atom is 0.251 e. The number of piperidine rings is 1. The fourth-order valence-electron chi connectivity index (χ4n) is 3.77. The van der Waals surface area contributed by atoms with Crippen LogP contribution in [0.1, 0.15) is 45.2 Å². The minimum atomic E-state index is -0.969. The maximum absolute atomic E-state index is 13.3. The molecule has 1 fully saturated rings. The molecule has 0 bridgehead atoms. The highest BCUT2D eigenvalue weighted by molar-refractivity contribution is 5.80. The number of carbonyl (C=O) groups excluding carboxylic acids is 1. The number of aliphatic hydroxyl groups is 1. The van der Waals surface area contributed by atoms with Gasteiger partial charge in [0.25, 0.3) is 5.91 Å². The van der Waals surface area contributed by atoms with Crippen molar-refractivity contribution in [3.63, 3.8) is 0 Å². The van der Waals surface area contributed by atoms with Crippen molar-refractivity contribution in [1.29, 1.82) is 0 Å². The normalized spacial score (nSPS) is 17.6. The first kappa shape index (κ1) is 19.8. The van der Waals surface area contributed by atoms with Crippen LogP contribution in [0.25, 0.3) is 11.0 Å². The molecule has 27 heavy (non-hydrogen) atoms. The van der Waals surface area contributed by atoms with Crippen molar-refractivity contribution in [2.75, 3.05) is 26.2 Å². The fourth-order valence-corrected chi connectivity index (χ4v) is 3.77. The first-order valence-electron chi connectivity index (χ1n) is 9.62. The lowest BCUT2D eigenvalue weighted by Crippen LogP contribution is -2.47. The number of likely N-dealkylation sites (tertiary alicyclic amines) is 1. The Kier molecular flexibility index (Phi) is 6.11. The van der Waals surface area contributed by atoms with Gasteiger partial charge in [-0.2, -0.15) is 0 Å². The minimum Gasteiger partial charge on any atom is -0.384 e. The molecule has 1 amide bonds. The average Bonchev–Trinajstić information content (AvgIpc) is 3.04. The van der Waals surface area contributed by atoms with E-state index in [4.69, 9.17) is 4.52 Å². The Balaban J connectivity index is 1.56. The number of aromatic nitrogens is 1. The smallest absolute Gasteiger partial charge is 0.251 e. The molecule has 1 saturated heterocycles. The number of hydrogen-bond donors (Lipinski definition) is 1. The van der Waals surface area contributed by atoms with Gasteiger partial charge in [-0.25, -0.2) is 4.39 Å².